The van der Waals surface area contributed by atoms with Crippen LogP contribution in [0.15, 0.2) is 54.1 Å². The molecule has 0 fully saturated rings. The molecule has 0 bridgehead atoms. The van der Waals surface area contributed by atoms with Crippen LogP contribution >= 0.6 is 0 Å². The summed E-state index contributed by atoms with van der Waals surface area (Å²) in [6.07, 6.45) is 5.21. The van der Waals surface area contributed by atoms with E-state index in [1.807, 2.05) is 37.3 Å². The van der Waals surface area contributed by atoms with Gasteiger partial charge in [-0.3, -0.25) is 9.97 Å². The van der Waals surface area contributed by atoms with Gasteiger partial charge >= 0.3 is 0 Å². The van der Waals surface area contributed by atoms with Gasteiger partial charge in [0.25, 0.3) is 0 Å². The van der Waals surface area contributed by atoms with E-state index in [9.17, 15) is 0 Å². The Morgan fingerprint density at radius 2 is 2.18 bits per heavy atom. The van der Waals surface area contributed by atoms with Gasteiger partial charge in [-0.1, -0.05) is 11.2 Å². The van der Waals surface area contributed by atoms with Gasteiger partial charge in [-0.05, 0) is 31.2 Å². The van der Waals surface area contributed by atoms with E-state index in [2.05, 4.69) is 15.1 Å². The molecule has 0 N–H and O–H groups in total. The van der Waals surface area contributed by atoms with Crippen molar-refractivity contribution in [2.45, 2.75) is 13.5 Å². The average molecular weight is 227 g/mol. The third kappa shape index (κ3) is 3.38. The van der Waals surface area contributed by atoms with Crippen LogP contribution in [0.4, 0.5) is 0 Å². The van der Waals surface area contributed by atoms with Gasteiger partial charge < -0.3 is 4.84 Å². The lowest BCUT2D eigenvalue weighted by Gasteiger charge is -2.01. The monoisotopic (exact) mass is 227 g/mol. The minimum absolute atomic E-state index is 0.373. The number of oxime groups is 1. The van der Waals surface area contributed by atoms with Crippen molar-refractivity contribution in [1.82, 2.24) is 9.97 Å². The van der Waals surface area contributed by atoms with Crippen LogP contribution in [0.3, 0.4) is 0 Å². The van der Waals surface area contributed by atoms with Crippen LogP contribution in [-0.2, 0) is 11.4 Å². The highest BCUT2D eigenvalue weighted by molar-refractivity contribution is 5.97. The molecule has 0 aliphatic rings. The second-order valence-corrected chi connectivity index (χ2v) is 3.51. The van der Waals surface area contributed by atoms with Crippen LogP contribution in [0.2, 0.25) is 0 Å². The van der Waals surface area contributed by atoms with Crippen molar-refractivity contribution in [2.24, 2.45) is 5.16 Å². The molecule has 4 heteroatoms. The van der Waals surface area contributed by atoms with Gasteiger partial charge in [0.1, 0.15) is 0 Å². The summed E-state index contributed by atoms with van der Waals surface area (Å²) in [7, 11) is 0. The molecule has 2 rings (SSSR count). The maximum atomic E-state index is 5.23. The molecular formula is C13H13N3O. The number of hydrogen-bond acceptors (Lipinski definition) is 4. The molecule has 0 spiro atoms. The Labute approximate surface area is 100.0 Å². The molecule has 0 saturated heterocycles. The highest BCUT2D eigenvalue weighted by atomic mass is 16.6. The van der Waals surface area contributed by atoms with Gasteiger partial charge in [0.2, 0.25) is 0 Å². The molecule has 0 aliphatic heterocycles. The average Bonchev–Trinajstić information content (AvgIpc) is 2.41. The summed E-state index contributed by atoms with van der Waals surface area (Å²) in [5.41, 5.74) is 2.61. The summed E-state index contributed by atoms with van der Waals surface area (Å²) in [5.74, 6) is 0. The first-order valence-electron chi connectivity index (χ1n) is 5.33. The quantitative estimate of drug-likeness (QED) is 0.595. The zero-order chi connectivity index (χ0) is 11.9. The lowest BCUT2D eigenvalue weighted by molar-refractivity contribution is 0.128. The van der Waals surface area contributed by atoms with Gasteiger partial charge in [0, 0.05) is 24.2 Å². The number of pyridine rings is 2. The standard InChI is InChI=1S/C13H13N3O/c1-11(12-5-4-7-14-9-12)16-17-10-13-6-2-3-8-15-13/h2-9H,10H2,1H3/b16-11+. The molecule has 2 heterocycles. The smallest absolute Gasteiger partial charge is 0.159 e. The molecule has 0 aromatic carbocycles. The molecule has 0 saturated carbocycles. The van der Waals surface area contributed by atoms with Crippen LogP contribution in [0, 0.1) is 0 Å². The van der Waals surface area contributed by atoms with E-state index in [0.29, 0.717) is 6.61 Å². The van der Waals surface area contributed by atoms with Gasteiger partial charge in [-0.15, -0.1) is 0 Å². The SMILES string of the molecule is C/C(=N\OCc1ccccn1)c1cccnc1. The largest absolute Gasteiger partial charge is 0.389 e. The van der Waals surface area contributed by atoms with Gasteiger partial charge in [-0.25, -0.2) is 0 Å². The number of aromatic nitrogens is 2. The Morgan fingerprint density at radius 3 is 2.88 bits per heavy atom. The highest BCUT2D eigenvalue weighted by Gasteiger charge is 1.97. The Hall–Kier alpha value is -2.23. The topological polar surface area (TPSA) is 47.4 Å². The van der Waals surface area contributed by atoms with Crippen LogP contribution in [0.25, 0.3) is 0 Å². The minimum Gasteiger partial charge on any atom is -0.389 e. The number of nitrogens with zero attached hydrogens (tertiary/aromatic N) is 3. The van der Waals surface area contributed by atoms with E-state index >= 15 is 0 Å². The molecule has 4 nitrogen and oxygen atoms in total. The van der Waals surface area contributed by atoms with Crippen LogP contribution in [0.1, 0.15) is 18.2 Å². The summed E-state index contributed by atoms with van der Waals surface area (Å²) in [5, 5.41) is 4.03. The Bertz CT molecular complexity index is 483. The van der Waals surface area contributed by atoms with Crippen molar-refractivity contribution in [3.8, 4) is 0 Å². The van der Waals surface area contributed by atoms with E-state index in [1.54, 1.807) is 18.6 Å². The fourth-order valence-corrected chi connectivity index (χ4v) is 1.31. The van der Waals surface area contributed by atoms with E-state index in [-0.39, 0.29) is 0 Å². The first-order chi connectivity index (χ1) is 8.36. The lowest BCUT2D eigenvalue weighted by atomic mass is 10.2. The van der Waals surface area contributed by atoms with Crippen LogP contribution in [0.5, 0.6) is 0 Å². The van der Waals surface area contributed by atoms with Crippen molar-refractivity contribution in [3.05, 3.63) is 60.2 Å². The van der Waals surface area contributed by atoms with Crippen molar-refractivity contribution < 1.29 is 4.84 Å². The zero-order valence-electron chi connectivity index (χ0n) is 9.58. The molecule has 86 valence electrons. The fraction of sp³-hybridized carbons (Fsp3) is 0.154. The maximum Gasteiger partial charge on any atom is 0.159 e. The Morgan fingerprint density at radius 1 is 1.24 bits per heavy atom. The van der Waals surface area contributed by atoms with E-state index in [1.165, 1.54) is 0 Å². The van der Waals surface area contributed by atoms with Gasteiger partial charge in [0.15, 0.2) is 6.61 Å². The second-order valence-electron chi connectivity index (χ2n) is 3.51. The van der Waals surface area contributed by atoms with Crippen LogP contribution < -0.4 is 0 Å². The van der Waals surface area contributed by atoms with Crippen molar-refractivity contribution in [1.29, 1.82) is 0 Å². The number of rotatable bonds is 4. The fourth-order valence-electron chi connectivity index (χ4n) is 1.31. The minimum atomic E-state index is 0.373. The van der Waals surface area contributed by atoms with Crippen LogP contribution in [-0.4, -0.2) is 15.7 Å². The molecule has 17 heavy (non-hydrogen) atoms. The first kappa shape index (κ1) is 11.3. The predicted octanol–water partition coefficient (Wildman–Crippen LogP) is 2.42. The molecule has 0 atom stereocenters. The third-order valence-electron chi connectivity index (χ3n) is 2.22. The Balaban J connectivity index is 1.93. The normalized spacial score (nSPS) is 11.2. The maximum absolute atomic E-state index is 5.23. The molecule has 0 amide bonds. The van der Waals surface area contributed by atoms with Crippen molar-refractivity contribution >= 4 is 5.71 Å². The van der Waals surface area contributed by atoms with Crippen molar-refractivity contribution in [2.75, 3.05) is 0 Å². The molecule has 0 unspecified atom stereocenters. The molecule has 2 aromatic rings. The lowest BCUT2D eigenvalue weighted by Crippen LogP contribution is -1.97. The molecular weight excluding hydrogens is 214 g/mol. The van der Waals surface area contributed by atoms with Gasteiger partial charge in [-0.2, -0.15) is 0 Å². The van der Waals surface area contributed by atoms with Gasteiger partial charge in [0.05, 0.1) is 11.4 Å². The third-order valence-corrected chi connectivity index (χ3v) is 2.22. The molecule has 2 aromatic heterocycles. The Kier molecular flexibility index (Phi) is 3.81. The number of hydrogen-bond donors (Lipinski definition) is 0. The predicted molar refractivity (Wildman–Crippen MR) is 65.5 cm³/mol. The summed E-state index contributed by atoms with van der Waals surface area (Å²) < 4.78 is 0. The first-order valence-corrected chi connectivity index (χ1v) is 5.33. The summed E-state index contributed by atoms with van der Waals surface area (Å²) >= 11 is 0. The van der Waals surface area contributed by atoms with E-state index in [0.717, 1.165) is 17.0 Å². The summed E-state index contributed by atoms with van der Waals surface area (Å²) in [6, 6.07) is 9.50. The summed E-state index contributed by atoms with van der Waals surface area (Å²) in [6.45, 7) is 2.26. The zero-order valence-corrected chi connectivity index (χ0v) is 9.58. The van der Waals surface area contributed by atoms with Crippen molar-refractivity contribution in [3.63, 3.8) is 0 Å². The van der Waals surface area contributed by atoms with E-state index < -0.39 is 0 Å². The van der Waals surface area contributed by atoms with E-state index in [4.69, 9.17) is 4.84 Å². The summed E-state index contributed by atoms with van der Waals surface area (Å²) in [4.78, 5) is 13.4. The molecule has 0 aliphatic carbocycles. The molecule has 0 radical (unpaired) electrons. The second kappa shape index (κ2) is 5.75. The highest BCUT2D eigenvalue weighted by Crippen LogP contribution is 2.01.